The Morgan fingerprint density at radius 2 is 1.88 bits per heavy atom. The predicted molar refractivity (Wildman–Crippen MR) is 94.3 cm³/mol. The van der Waals surface area contributed by atoms with Gasteiger partial charge in [-0.25, -0.2) is 14.2 Å². The molecule has 1 saturated carbocycles. The number of alkyl halides is 2. The number of hydrogen-bond acceptors (Lipinski definition) is 4. The SMILES string of the molecule is CC1CC(NC(=NCC(C)(C)C)NC(=O)C2CCC(F)C(F)C2)NN1. The van der Waals surface area contributed by atoms with E-state index in [-0.39, 0.29) is 30.3 Å². The molecule has 0 radical (unpaired) electrons. The predicted octanol–water partition coefficient (Wildman–Crippen LogP) is 1.78. The van der Waals surface area contributed by atoms with Crippen LogP contribution in [0.2, 0.25) is 0 Å². The molecule has 5 atom stereocenters. The van der Waals surface area contributed by atoms with Crippen molar-refractivity contribution in [2.75, 3.05) is 6.54 Å². The Bertz CT molecular complexity index is 494. The number of nitrogens with one attached hydrogen (secondary N) is 4. The molecule has 1 heterocycles. The van der Waals surface area contributed by atoms with Crippen molar-refractivity contribution < 1.29 is 13.6 Å². The van der Waals surface area contributed by atoms with Gasteiger partial charge in [0.2, 0.25) is 5.91 Å². The van der Waals surface area contributed by atoms with Crippen LogP contribution < -0.4 is 21.5 Å². The van der Waals surface area contributed by atoms with Crippen LogP contribution in [0, 0.1) is 11.3 Å². The molecular weight excluding hydrogens is 328 g/mol. The molecule has 0 aromatic rings. The van der Waals surface area contributed by atoms with E-state index in [2.05, 4.69) is 54.2 Å². The maximum absolute atomic E-state index is 13.6. The summed E-state index contributed by atoms with van der Waals surface area (Å²) in [5.41, 5.74) is 6.17. The average Bonchev–Trinajstić information content (AvgIpc) is 2.92. The highest BCUT2D eigenvalue weighted by Crippen LogP contribution is 2.29. The third kappa shape index (κ3) is 6.51. The largest absolute Gasteiger partial charge is 0.339 e. The highest BCUT2D eigenvalue weighted by Gasteiger charge is 2.34. The van der Waals surface area contributed by atoms with Gasteiger partial charge in [-0.05, 0) is 38.0 Å². The first-order valence-corrected chi connectivity index (χ1v) is 9.05. The summed E-state index contributed by atoms with van der Waals surface area (Å²) in [4.78, 5) is 17.0. The van der Waals surface area contributed by atoms with Crippen LogP contribution >= 0.6 is 0 Å². The summed E-state index contributed by atoms with van der Waals surface area (Å²) < 4.78 is 26.9. The lowest BCUT2D eigenvalue weighted by Crippen LogP contribution is -2.52. The van der Waals surface area contributed by atoms with Gasteiger partial charge in [0, 0.05) is 18.5 Å². The summed E-state index contributed by atoms with van der Waals surface area (Å²) in [6, 6.07) is 0.309. The Morgan fingerprint density at radius 3 is 2.44 bits per heavy atom. The summed E-state index contributed by atoms with van der Waals surface area (Å²) in [7, 11) is 0. The minimum Gasteiger partial charge on any atom is -0.339 e. The van der Waals surface area contributed by atoms with E-state index in [1.807, 2.05) is 0 Å². The standard InChI is InChI=1S/C17H31F2N5O/c1-10-7-14(24-23-10)21-16(20-9-17(2,3)4)22-15(25)11-5-6-12(18)13(19)8-11/h10-14,23-24H,5-9H2,1-4H3,(H2,20,21,22,25). The minimum absolute atomic E-state index is 0.0252. The molecule has 2 aliphatic rings. The Hall–Kier alpha value is -1.28. The molecule has 1 aliphatic heterocycles. The summed E-state index contributed by atoms with van der Waals surface area (Å²) in [5.74, 6) is -0.433. The van der Waals surface area contributed by atoms with Gasteiger partial charge in [-0.15, -0.1) is 0 Å². The van der Waals surface area contributed by atoms with Gasteiger partial charge < -0.3 is 5.32 Å². The molecule has 25 heavy (non-hydrogen) atoms. The fourth-order valence-corrected chi connectivity index (χ4v) is 2.95. The first-order valence-electron chi connectivity index (χ1n) is 9.05. The first-order chi connectivity index (χ1) is 11.6. The second kappa shape index (κ2) is 8.40. The maximum Gasteiger partial charge on any atom is 0.229 e. The fourth-order valence-electron chi connectivity index (χ4n) is 2.95. The normalized spacial score (nSPS) is 34.0. The number of rotatable bonds is 3. The van der Waals surface area contributed by atoms with E-state index in [0.29, 0.717) is 25.0 Å². The number of hydrazine groups is 1. The zero-order chi connectivity index (χ0) is 18.6. The van der Waals surface area contributed by atoms with Gasteiger partial charge in [0.25, 0.3) is 0 Å². The van der Waals surface area contributed by atoms with Crippen LogP contribution in [0.4, 0.5) is 8.78 Å². The third-order valence-corrected chi connectivity index (χ3v) is 4.42. The Morgan fingerprint density at radius 1 is 1.16 bits per heavy atom. The van der Waals surface area contributed by atoms with Crippen molar-refractivity contribution in [3.63, 3.8) is 0 Å². The molecule has 1 amide bonds. The van der Waals surface area contributed by atoms with E-state index < -0.39 is 18.3 Å². The van der Waals surface area contributed by atoms with Crippen LogP contribution in [0.25, 0.3) is 0 Å². The Kier molecular flexibility index (Phi) is 6.73. The average molecular weight is 359 g/mol. The van der Waals surface area contributed by atoms with Crippen molar-refractivity contribution in [2.24, 2.45) is 16.3 Å². The molecule has 0 bridgehead atoms. The highest BCUT2D eigenvalue weighted by molar-refractivity contribution is 5.98. The van der Waals surface area contributed by atoms with E-state index in [0.717, 1.165) is 6.42 Å². The quantitative estimate of drug-likeness (QED) is 0.458. The molecule has 6 nitrogen and oxygen atoms in total. The highest BCUT2D eigenvalue weighted by atomic mass is 19.2. The van der Waals surface area contributed by atoms with Gasteiger partial charge in [-0.2, -0.15) is 0 Å². The van der Waals surface area contributed by atoms with Crippen molar-refractivity contribution in [3.8, 4) is 0 Å². The van der Waals surface area contributed by atoms with Crippen molar-refractivity contribution >= 4 is 11.9 Å². The first kappa shape index (κ1) is 20.0. The topological polar surface area (TPSA) is 77.5 Å². The van der Waals surface area contributed by atoms with E-state index >= 15 is 0 Å². The number of amides is 1. The van der Waals surface area contributed by atoms with Crippen molar-refractivity contribution in [2.45, 2.75) is 77.9 Å². The molecule has 1 aliphatic carbocycles. The number of nitrogens with zero attached hydrogens (tertiary/aromatic N) is 1. The van der Waals surface area contributed by atoms with Crippen LogP contribution in [-0.4, -0.2) is 43.0 Å². The number of guanidine groups is 1. The van der Waals surface area contributed by atoms with Crippen molar-refractivity contribution in [1.82, 2.24) is 21.5 Å². The second-order valence-corrected chi connectivity index (χ2v) is 8.38. The molecule has 2 rings (SSSR count). The number of carbonyl (C=O) groups excluding carboxylic acids is 1. The smallest absolute Gasteiger partial charge is 0.229 e. The van der Waals surface area contributed by atoms with Gasteiger partial charge in [-0.1, -0.05) is 20.8 Å². The summed E-state index contributed by atoms with van der Waals surface area (Å²) in [6.07, 6.45) is -1.85. The van der Waals surface area contributed by atoms with E-state index in [1.165, 1.54) is 0 Å². The van der Waals surface area contributed by atoms with Crippen LogP contribution in [0.1, 0.15) is 53.4 Å². The lowest BCUT2D eigenvalue weighted by molar-refractivity contribution is -0.125. The number of halogens is 2. The van der Waals surface area contributed by atoms with Crippen molar-refractivity contribution in [1.29, 1.82) is 0 Å². The van der Waals surface area contributed by atoms with E-state index in [9.17, 15) is 13.6 Å². The molecule has 1 saturated heterocycles. The van der Waals surface area contributed by atoms with E-state index in [4.69, 9.17) is 0 Å². The Balaban J connectivity index is 1.98. The molecule has 0 aromatic heterocycles. The zero-order valence-corrected chi connectivity index (χ0v) is 15.5. The zero-order valence-electron chi connectivity index (χ0n) is 15.5. The molecule has 5 unspecified atom stereocenters. The van der Waals surface area contributed by atoms with Gasteiger partial charge in [-0.3, -0.25) is 20.5 Å². The fraction of sp³-hybridized carbons (Fsp3) is 0.882. The molecule has 4 N–H and O–H groups in total. The Labute approximate surface area is 148 Å². The van der Waals surface area contributed by atoms with Gasteiger partial charge in [0.1, 0.15) is 12.3 Å². The second-order valence-electron chi connectivity index (χ2n) is 8.38. The lowest BCUT2D eigenvalue weighted by Gasteiger charge is -2.27. The number of carbonyl (C=O) groups is 1. The summed E-state index contributed by atoms with van der Waals surface area (Å²) in [5, 5.41) is 5.97. The monoisotopic (exact) mass is 359 g/mol. The number of aliphatic imine (C=N–C) groups is 1. The van der Waals surface area contributed by atoms with Gasteiger partial charge >= 0.3 is 0 Å². The molecule has 2 fully saturated rings. The minimum atomic E-state index is -1.56. The van der Waals surface area contributed by atoms with Crippen LogP contribution in [-0.2, 0) is 4.79 Å². The van der Waals surface area contributed by atoms with E-state index in [1.54, 1.807) is 0 Å². The molecule has 144 valence electrons. The summed E-state index contributed by atoms with van der Waals surface area (Å²) in [6.45, 7) is 8.77. The van der Waals surface area contributed by atoms with Gasteiger partial charge in [0.15, 0.2) is 5.96 Å². The molecular formula is C17H31F2N5O. The van der Waals surface area contributed by atoms with Gasteiger partial charge in [0.05, 0.1) is 6.17 Å². The molecule has 0 spiro atoms. The van der Waals surface area contributed by atoms with Crippen molar-refractivity contribution in [3.05, 3.63) is 0 Å². The molecule has 8 heteroatoms. The van der Waals surface area contributed by atoms with Crippen LogP contribution in [0.15, 0.2) is 4.99 Å². The summed E-state index contributed by atoms with van der Waals surface area (Å²) >= 11 is 0. The lowest BCUT2D eigenvalue weighted by atomic mass is 9.86. The maximum atomic E-state index is 13.6. The van der Waals surface area contributed by atoms with Crippen LogP contribution in [0.3, 0.4) is 0 Å². The van der Waals surface area contributed by atoms with Crippen LogP contribution in [0.5, 0.6) is 0 Å². The number of hydrogen-bond donors (Lipinski definition) is 4. The third-order valence-electron chi connectivity index (χ3n) is 4.42. The molecule has 0 aromatic carbocycles.